The van der Waals surface area contributed by atoms with Gasteiger partial charge in [-0.25, -0.2) is 9.37 Å². The number of halogens is 4. The summed E-state index contributed by atoms with van der Waals surface area (Å²) in [6.07, 6.45) is -3.17. The lowest BCUT2D eigenvalue weighted by molar-refractivity contribution is -0.138. The number of anilines is 2. The van der Waals surface area contributed by atoms with Gasteiger partial charge in [0.05, 0.1) is 36.6 Å². The molecule has 1 fully saturated rings. The first kappa shape index (κ1) is 24.7. The molecule has 1 aliphatic rings. The lowest BCUT2D eigenvalue weighted by Gasteiger charge is -2.28. The van der Waals surface area contributed by atoms with Crippen molar-refractivity contribution >= 4 is 17.4 Å². The predicted octanol–water partition coefficient (Wildman–Crippen LogP) is 5.79. The second kappa shape index (κ2) is 10.0. The third-order valence-corrected chi connectivity index (χ3v) is 6.06. The molecule has 0 radical (unpaired) electrons. The van der Waals surface area contributed by atoms with Crippen LogP contribution < -0.4 is 10.2 Å². The average Bonchev–Trinajstić information content (AvgIpc) is 2.84. The van der Waals surface area contributed by atoms with Gasteiger partial charge in [0.2, 0.25) is 5.91 Å². The number of hydrogen-bond donors (Lipinski definition) is 1. The Morgan fingerprint density at radius 2 is 1.80 bits per heavy atom. The first-order chi connectivity index (χ1) is 16.6. The molecule has 3 aromatic rings. The molecule has 9 heteroatoms. The number of carbonyl (C=O) groups excluding carboxylic acids is 1. The Balaban J connectivity index is 1.67. The van der Waals surface area contributed by atoms with Crippen LogP contribution in [-0.4, -0.2) is 37.2 Å². The second-order valence-corrected chi connectivity index (χ2v) is 8.48. The minimum atomic E-state index is -4.72. The largest absolute Gasteiger partial charge is 0.416 e. The van der Waals surface area contributed by atoms with Crippen molar-refractivity contribution in [1.82, 2.24) is 4.98 Å². The minimum Gasteiger partial charge on any atom is -0.378 e. The van der Waals surface area contributed by atoms with E-state index in [0.717, 1.165) is 34.6 Å². The lowest BCUT2D eigenvalue weighted by atomic mass is 9.96. The number of alkyl halides is 3. The molecular formula is C26H25F4N3O2. The zero-order valence-corrected chi connectivity index (χ0v) is 19.3. The SMILES string of the molecule is Cc1ccccc1-c1cc(N2CCOCC2)ncc1NC(=O)C(C)c1cc(F)cc(C(F)(F)F)c1. The Bertz CT molecular complexity index is 1220. The summed E-state index contributed by atoms with van der Waals surface area (Å²) >= 11 is 0. The highest BCUT2D eigenvalue weighted by Crippen LogP contribution is 2.35. The molecule has 35 heavy (non-hydrogen) atoms. The van der Waals surface area contributed by atoms with Gasteiger partial charge >= 0.3 is 6.18 Å². The van der Waals surface area contributed by atoms with Crippen LogP contribution in [0.15, 0.2) is 54.7 Å². The van der Waals surface area contributed by atoms with Crippen molar-refractivity contribution in [2.45, 2.75) is 25.9 Å². The number of rotatable bonds is 5. The van der Waals surface area contributed by atoms with Crippen LogP contribution in [0.25, 0.3) is 11.1 Å². The number of pyridine rings is 1. The molecule has 0 saturated carbocycles. The number of morpholine rings is 1. The van der Waals surface area contributed by atoms with Gasteiger partial charge in [-0.05, 0) is 54.8 Å². The van der Waals surface area contributed by atoms with E-state index in [-0.39, 0.29) is 5.56 Å². The summed E-state index contributed by atoms with van der Waals surface area (Å²) in [4.78, 5) is 19.7. The number of ether oxygens (including phenoxy) is 1. The van der Waals surface area contributed by atoms with Crippen LogP contribution in [0.4, 0.5) is 29.1 Å². The van der Waals surface area contributed by atoms with Gasteiger partial charge < -0.3 is 15.0 Å². The zero-order valence-electron chi connectivity index (χ0n) is 19.3. The van der Waals surface area contributed by atoms with E-state index in [0.29, 0.717) is 38.1 Å². The first-order valence-corrected chi connectivity index (χ1v) is 11.2. The molecule has 1 N–H and O–H groups in total. The molecule has 2 heterocycles. The lowest BCUT2D eigenvalue weighted by Crippen LogP contribution is -2.36. The Hall–Kier alpha value is -3.46. The third-order valence-electron chi connectivity index (χ3n) is 6.06. The third kappa shape index (κ3) is 5.62. The van der Waals surface area contributed by atoms with Crippen molar-refractivity contribution < 1.29 is 27.1 Å². The van der Waals surface area contributed by atoms with E-state index in [2.05, 4.69) is 15.2 Å². The first-order valence-electron chi connectivity index (χ1n) is 11.2. The van der Waals surface area contributed by atoms with E-state index in [1.54, 1.807) is 6.20 Å². The number of benzene rings is 2. The number of carbonyl (C=O) groups is 1. The maximum Gasteiger partial charge on any atom is 0.416 e. The second-order valence-electron chi connectivity index (χ2n) is 8.48. The monoisotopic (exact) mass is 487 g/mol. The van der Waals surface area contributed by atoms with Gasteiger partial charge in [-0.15, -0.1) is 0 Å². The van der Waals surface area contributed by atoms with E-state index < -0.39 is 29.4 Å². The average molecular weight is 487 g/mol. The van der Waals surface area contributed by atoms with Crippen molar-refractivity contribution in [2.24, 2.45) is 0 Å². The molecule has 0 bridgehead atoms. The summed E-state index contributed by atoms with van der Waals surface area (Å²) in [5, 5.41) is 2.79. The summed E-state index contributed by atoms with van der Waals surface area (Å²) in [5.41, 5.74) is 1.82. The number of nitrogens with zero attached hydrogens (tertiary/aromatic N) is 2. The van der Waals surface area contributed by atoms with Crippen LogP contribution in [0.1, 0.15) is 29.5 Å². The number of nitrogens with one attached hydrogen (secondary N) is 1. The van der Waals surface area contributed by atoms with E-state index in [1.807, 2.05) is 37.3 Å². The van der Waals surface area contributed by atoms with Crippen molar-refractivity contribution in [2.75, 3.05) is 36.5 Å². The van der Waals surface area contributed by atoms with Crippen LogP contribution in [0, 0.1) is 12.7 Å². The molecule has 1 saturated heterocycles. The van der Waals surface area contributed by atoms with Gasteiger partial charge in [-0.3, -0.25) is 4.79 Å². The van der Waals surface area contributed by atoms with E-state index in [1.165, 1.54) is 6.92 Å². The van der Waals surface area contributed by atoms with Gasteiger partial charge in [0.25, 0.3) is 0 Å². The summed E-state index contributed by atoms with van der Waals surface area (Å²) in [7, 11) is 0. The fraction of sp³-hybridized carbons (Fsp3) is 0.308. The number of hydrogen-bond acceptors (Lipinski definition) is 4. The molecule has 1 atom stereocenters. The summed E-state index contributed by atoms with van der Waals surface area (Å²) in [6, 6.07) is 11.7. The van der Waals surface area contributed by atoms with Gasteiger partial charge in [-0.1, -0.05) is 24.3 Å². The molecular weight excluding hydrogens is 462 g/mol. The number of amides is 1. The van der Waals surface area contributed by atoms with Crippen LogP contribution in [0.5, 0.6) is 0 Å². The van der Waals surface area contributed by atoms with Gasteiger partial charge in [-0.2, -0.15) is 13.2 Å². The molecule has 184 valence electrons. The maximum absolute atomic E-state index is 13.9. The van der Waals surface area contributed by atoms with Crippen LogP contribution in [0.2, 0.25) is 0 Å². The van der Waals surface area contributed by atoms with E-state index in [4.69, 9.17) is 4.74 Å². The van der Waals surface area contributed by atoms with Gasteiger partial charge in [0.1, 0.15) is 11.6 Å². The van der Waals surface area contributed by atoms with Gasteiger partial charge in [0, 0.05) is 18.7 Å². The van der Waals surface area contributed by atoms with Crippen molar-refractivity contribution in [1.29, 1.82) is 0 Å². The molecule has 5 nitrogen and oxygen atoms in total. The highest BCUT2D eigenvalue weighted by Gasteiger charge is 2.32. The molecule has 1 aliphatic heterocycles. The van der Waals surface area contributed by atoms with E-state index in [9.17, 15) is 22.4 Å². The van der Waals surface area contributed by atoms with Crippen molar-refractivity contribution in [3.8, 4) is 11.1 Å². The topological polar surface area (TPSA) is 54.5 Å². The molecule has 2 aromatic carbocycles. The quantitative estimate of drug-likeness (QED) is 0.463. The Kier molecular flexibility index (Phi) is 7.07. The standard InChI is InChI=1S/C26H25F4N3O2/c1-16-5-3-4-6-21(16)22-14-24(33-7-9-35-10-8-33)31-15-23(22)32-25(34)17(2)18-11-19(26(28,29)30)13-20(27)12-18/h3-6,11-15,17H,7-10H2,1-2H3,(H,32,34). The summed E-state index contributed by atoms with van der Waals surface area (Å²) in [5.74, 6) is -1.92. The molecule has 1 amide bonds. The fourth-order valence-electron chi connectivity index (χ4n) is 4.03. The minimum absolute atomic E-state index is 0.0647. The van der Waals surface area contributed by atoms with Crippen LogP contribution in [0.3, 0.4) is 0 Å². The van der Waals surface area contributed by atoms with Crippen LogP contribution >= 0.6 is 0 Å². The summed E-state index contributed by atoms with van der Waals surface area (Å²) < 4.78 is 58.7. The maximum atomic E-state index is 13.9. The Labute approximate surface area is 200 Å². The predicted molar refractivity (Wildman–Crippen MR) is 126 cm³/mol. The van der Waals surface area contributed by atoms with Crippen molar-refractivity contribution in [3.05, 3.63) is 77.2 Å². The van der Waals surface area contributed by atoms with E-state index >= 15 is 0 Å². The van der Waals surface area contributed by atoms with Crippen LogP contribution in [-0.2, 0) is 15.7 Å². The zero-order chi connectivity index (χ0) is 25.2. The van der Waals surface area contributed by atoms with Gasteiger partial charge in [0.15, 0.2) is 0 Å². The van der Waals surface area contributed by atoms with Crippen molar-refractivity contribution in [3.63, 3.8) is 0 Å². The molecule has 1 unspecified atom stereocenters. The number of aryl methyl sites for hydroxylation is 1. The Morgan fingerprint density at radius 3 is 2.49 bits per heavy atom. The highest BCUT2D eigenvalue weighted by molar-refractivity contribution is 5.99. The molecule has 0 spiro atoms. The summed E-state index contributed by atoms with van der Waals surface area (Å²) in [6.45, 7) is 5.93. The Morgan fingerprint density at radius 1 is 1.09 bits per heavy atom. The molecule has 4 rings (SSSR count). The smallest absolute Gasteiger partial charge is 0.378 e. The molecule has 0 aliphatic carbocycles. The molecule has 1 aromatic heterocycles. The normalized spacial score (nSPS) is 15.1. The highest BCUT2D eigenvalue weighted by atomic mass is 19.4. The fourth-order valence-corrected chi connectivity index (χ4v) is 4.03. The number of aromatic nitrogens is 1.